The Hall–Kier alpha value is -1.64. The summed E-state index contributed by atoms with van der Waals surface area (Å²) in [6, 6.07) is 5.72. The number of hydrogen-bond donors (Lipinski definition) is 1. The van der Waals surface area contributed by atoms with Crippen LogP contribution in [0.4, 0.5) is 0 Å². The highest BCUT2D eigenvalue weighted by atomic mass is 16.2. The van der Waals surface area contributed by atoms with Gasteiger partial charge in [0.1, 0.15) is 0 Å². The minimum atomic E-state index is -0.693. The monoisotopic (exact) mass is 215 g/mol. The third kappa shape index (κ3) is 0.979. The molecule has 2 aliphatic rings. The van der Waals surface area contributed by atoms with Crippen molar-refractivity contribution in [3.63, 3.8) is 0 Å². The van der Waals surface area contributed by atoms with Crippen LogP contribution >= 0.6 is 0 Å². The first-order valence-electron chi connectivity index (χ1n) is 5.61. The van der Waals surface area contributed by atoms with Crippen LogP contribution in [0.2, 0.25) is 0 Å². The predicted molar refractivity (Wildman–Crippen MR) is 59.2 cm³/mol. The van der Waals surface area contributed by atoms with Crippen LogP contribution in [0, 0.1) is 0 Å². The lowest BCUT2D eigenvalue weighted by Crippen LogP contribution is -2.42. The molecular formula is C13H13NO2. The molecule has 82 valence electrons. The van der Waals surface area contributed by atoms with Gasteiger partial charge >= 0.3 is 0 Å². The molecule has 1 atom stereocenters. The molecule has 3 heteroatoms. The quantitative estimate of drug-likeness (QED) is 0.768. The number of hydrogen-bond acceptors (Lipinski definition) is 2. The van der Waals surface area contributed by atoms with E-state index in [-0.39, 0.29) is 18.1 Å². The van der Waals surface area contributed by atoms with Crippen LogP contribution in [0.15, 0.2) is 18.2 Å². The largest absolute Gasteiger partial charge is 0.369 e. The second kappa shape index (κ2) is 2.94. The van der Waals surface area contributed by atoms with E-state index in [4.69, 9.17) is 5.73 Å². The molecule has 1 aromatic carbocycles. The van der Waals surface area contributed by atoms with Crippen molar-refractivity contribution in [3.8, 4) is 0 Å². The molecule has 0 saturated heterocycles. The number of Topliss-reactive ketones (excluding diaryl/α,β-unsaturated/α-hetero) is 1. The zero-order valence-electron chi connectivity index (χ0n) is 8.95. The summed E-state index contributed by atoms with van der Waals surface area (Å²) < 4.78 is 0. The fourth-order valence-electron chi connectivity index (χ4n) is 3.19. The molecule has 0 unspecified atom stereocenters. The number of primary amides is 1. The fourth-order valence-corrected chi connectivity index (χ4v) is 3.19. The Bertz CT molecular complexity index is 507. The maximum Gasteiger partial charge on any atom is 0.228 e. The average molecular weight is 215 g/mol. The molecule has 1 aromatic rings. The number of carbonyl (C=O) groups excluding carboxylic acids is 2. The van der Waals surface area contributed by atoms with E-state index in [1.165, 1.54) is 0 Å². The summed E-state index contributed by atoms with van der Waals surface area (Å²) in [4.78, 5) is 23.6. The van der Waals surface area contributed by atoms with Gasteiger partial charge in [-0.25, -0.2) is 0 Å². The molecule has 0 saturated carbocycles. The van der Waals surface area contributed by atoms with Gasteiger partial charge in [0, 0.05) is 12.0 Å². The van der Waals surface area contributed by atoms with Crippen LogP contribution in [0.3, 0.4) is 0 Å². The van der Waals surface area contributed by atoms with Gasteiger partial charge in [-0.05, 0) is 30.4 Å². The normalized spacial score (nSPS) is 26.6. The van der Waals surface area contributed by atoms with Gasteiger partial charge in [0.25, 0.3) is 0 Å². The minimum absolute atomic E-state index is 0.0672. The smallest absolute Gasteiger partial charge is 0.228 e. The van der Waals surface area contributed by atoms with Crippen molar-refractivity contribution in [2.24, 2.45) is 5.73 Å². The van der Waals surface area contributed by atoms with Crippen molar-refractivity contribution in [3.05, 3.63) is 34.9 Å². The molecule has 1 amide bonds. The molecule has 2 N–H and O–H groups in total. The Morgan fingerprint density at radius 1 is 1.38 bits per heavy atom. The number of aryl methyl sites for hydroxylation is 1. The lowest BCUT2D eigenvalue weighted by molar-refractivity contribution is -0.123. The molecule has 0 bridgehead atoms. The van der Waals surface area contributed by atoms with Crippen molar-refractivity contribution in [1.29, 1.82) is 0 Å². The highest BCUT2D eigenvalue weighted by molar-refractivity contribution is 6.09. The summed E-state index contributed by atoms with van der Waals surface area (Å²) in [6.07, 6.45) is 2.88. The molecule has 0 heterocycles. The lowest BCUT2D eigenvalue weighted by atomic mass is 9.70. The predicted octanol–water partition coefficient (Wildman–Crippen LogP) is 1.33. The van der Waals surface area contributed by atoms with Gasteiger partial charge in [-0.15, -0.1) is 0 Å². The molecule has 0 aliphatic heterocycles. The summed E-state index contributed by atoms with van der Waals surface area (Å²) in [5, 5.41) is 0. The van der Waals surface area contributed by atoms with E-state index in [9.17, 15) is 9.59 Å². The molecule has 0 radical (unpaired) electrons. The second-order valence-electron chi connectivity index (χ2n) is 4.74. The fraction of sp³-hybridized carbons (Fsp3) is 0.385. The first kappa shape index (κ1) is 9.58. The van der Waals surface area contributed by atoms with Crippen molar-refractivity contribution >= 4 is 11.7 Å². The number of rotatable bonds is 1. The Kier molecular flexibility index (Phi) is 1.76. The highest BCUT2D eigenvalue weighted by Gasteiger charge is 2.50. The zero-order chi connectivity index (χ0) is 11.3. The Morgan fingerprint density at radius 3 is 2.94 bits per heavy atom. The minimum Gasteiger partial charge on any atom is -0.369 e. The Labute approximate surface area is 93.6 Å². The van der Waals surface area contributed by atoms with E-state index in [1.807, 2.05) is 18.2 Å². The number of nitrogens with two attached hydrogens (primary N) is 1. The van der Waals surface area contributed by atoms with Gasteiger partial charge in [0.15, 0.2) is 5.78 Å². The van der Waals surface area contributed by atoms with E-state index in [1.54, 1.807) is 0 Å². The Morgan fingerprint density at radius 2 is 2.19 bits per heavy atom. The molecule has 3 rings (SSSR count). The second-order valence-corrected chi connectivity index (χ2v) is 4.74. The van der Waals surface area contributed by atoms with Crippen LogP contribution in [0.5, 0.6) is 0 Å². The molecule has 0 fully saturated rings. The van der Waals surface area contributed by atoms with Gasteiger partial charge in [0.2, 0.25) is 5.91 Å². The maximum atomic E-state index is 11.9. The van der Waals surface area contributed by atoms with E-state index >= 15 is 0 Å². The zero-order valence-corrected chi connectivity index (χ0v) is 8.95. The SMILES string of the molecule is NC(=O)[C@@]12CCCc3cccc(c31)C(=O)C2. The van der Waals surface area contributed by atoms with Crippen LogP contribution < -0.4 is 5.73 Å². The summed E-state index contributed by atoms with van der Waals surface area (Å²) >= 11 is 0. The van der Waals surface area contributed by atoms with E-state index in [0.717, 1.165) is 36.0 Å². The van der Waals surface area contributed by atoms with Crippen LogP contribution in [0.1, 0.15) is 40.7 Å². The summed E-state index contributed by atoms with van der Waals surface area (Å²) in [5.41, 5.74) is 7.62. The van der Waals surface area contributed by atoms with E-state index in [0.29, 0.717) is 0 Å². The van der Waals surface area contributed by atoms with Crippen molar-refractivity contribution in [1.82, 2.24) is 0 Å². The standard InChI is InChI=1S/C13H13NO2/c14-12(16)13-6-2-4-8-3-1-5-9(11(8)13)10(15)7-13/h1,3,5H,2,4,6-7H2,(H2,14,16)/t13-/m1/s1. The van der Waals surface area contributed by atoms with Crippen molar-refractivity contribution in [2.45, 2.75) is 31.1 Å². The maximum absolute atomic E-state index is 11.9. The van der Waals surface area contributed by atoms with E-state index < -0.39 is 5.41 Å². The van der Waals surface area contributed by atoms with E-state index in [2.05, 4.69) is 0 Å². The first-order valence-corrected chi connectivity index (χ1v) is 5.61. The summed E-state index contributed by atoms with van der Waals surface area (Å²) in [6.45, 7) is 0. The Balaban J connectivity index is 2.33. The summed E-state index contributed by atoms with van der Waals surface area (Å²) in [7, 11) is 0. The third-order valence-corrected chi connectivity index (χ3v) is 3.91. The van der Waals surface area contributed by atoms with Gasteiger partial charge in [-0.3, -0.25) is 9.59 Å². The van der Waals surface area contributed by atoms with Crippen LogP contribution in [0.25, 0.3) is 0 Å². The molecular weight excluding hydrogens is 202 g/mol. The van der Waals surface area contributed by atoms with Gasteiger partial charge in [0.05, 0.1) is 5.41 Å². The number of amides is 1. The lowest BCUT2D eigenvalue weighted by Gasteiger charge is -2.32. The highest BCUT2D eigenvalue weighted by Crippen LogP contribution is 2.47. The molecule has 3 nitrogen and oxygen atoms in total. The molecule has 16 heavy (non-hydrogen) atoms. The van der Waals surface area contributed by atoms with Crippen LogP contribution in [-0.4, -0.2) is 11.7 Å². The van der Waals surface area contributed by atoms with Crippen LogP contribution in [-0.2, 0) is 16.6 Å². The number of carbonyl (C=O) groups is 2. The number of benzene rings is 1. The van der Waals surface area contributed by atoms with Crippen molar-refractivity contribution < 1.29 is 9.59 Å². The van der Waals surface area contributed by atoms with Gasteiger partial charge in [-0.1, -0.05) is 18.2 Å². The van der Waals surface area contributed by atoms with Crippen molar-refractivity contribution in [2.75, 3.05) is 0 Å². The molecule has 2 aliphatic carbocycles. The molecule has 0 spiro atoms. The van der Waals surface area contributed by atoms with Gasteiger partial charge in [-0.2, -0.15) is 0 Å². The average Bonchev–Trinajstić information content (AvgIpc) is 2.56. The van der Waals surface area contributed by atoms with Gasteiger partial charge < -0.3 is 5.73 Å². The summed E-state index contributed by atoms with van der Waals surface area (Å²) in [5.74, 6) is -0.274. The first-order chi connectivity index (χ1) is 7.65. The molecule has 0 aromatic heterocycles. The number of ketones is 1. The third-order valence-electron chi connectivity index (χ3n) is 3.91. The topological polar surface area (TPSA) is 60.2 Å².